The molecule has 2 aliphatic rings. The van der Waals surface area contributed by atoms with E-state index in [2.05, 4.69) is 42.0 Å². The number of nitrogens with two attached hydrogens (primary N) is 2. The van der Waals surface area contributed by atoms with E-state index in [1.165, 1.54) is 57.6 Å². The number of anilines is 2. The van der Waals surface area contributed by atoms with Gasteiger partial charge in [-0.05, 0) is 101 Å². The van der Waals surface area contributed by atoms with Crippen LogP contribution in [0.25, 0.3) is 0 Å². The van der Waals surface area contributed by atoms with Crippen molar-refractivity contribution in [2.24, 2.45) is 0 Å². The zero-order chi connectivity index (χ0) is 26.0. The molecule has 4 heterocycles. The van der Waals surface area contributed by atoms with Crippen molar-refractivity contribution in [3.8, 4) is 0 Å². The summed E-state index contributed by atoms with van der Waals surface area (Å²) in [7, 11) is 0. The van der Waals surface area contributed by atoms with E-state index in [1.807, 2.05) is 20.8 Å². The Labute approximate surface area is 212 Å². The first kappa shape index (κ1) is 28.7. The van der Waals surface area contributed by atoms with Crippen molar-refractivity contribution in [3.05, 3.63) is 46.0 Å². The van der Waals surface area contributed by atoms with E-state index in [0.29, 0.717) is 17.3 Å². The fourth-order valence-corrected chi connectivity index (χ4v) is 4.33. The number of pyridine rings is 2. The molecular formula is C28H46N6O. The van der Waals surface area contributed by atoms with Gasteiger partial charge >= 0.3 is 0 Å². The molecule has 0 unspecified atom stereocenters. The van der Waals surface area contributed by atoms with Crippen molar-refractivity contribution >= 4 is 17.7 Å². The van der Waals surface area contributed by atoms with Crippen molar-refractivity contribution < 1.29 is 4.79 Å². The number of rotatable bonds is 5. The number of aryl methyl sites for hydroxylation is 2. The van der Waals surface area contributed by atoms with Crippen LogP contribution in [0.15, 0.2) is 12.1 Å². The number of hydrogen-bond acceptors (Lipinski definition) is 7. The molecule has 0 aromatic carbocycles. The summed E-state index contributed by atoms with van der Waals surface area (Å²) < 4.78 is 0. The van der Waals surface area contributed by atoms with Gasteiger partial charge in [-0.2, -0.15) is 0 Å². The Hall–Kier alpha value is -2.51. The molecule has 0 saturated carbocycles. The lowest BCUT2D eigenvalue weighted by molar-refractivity contribution is 0.111. The second-order valence-corrected chi connectivity index (χ2v) is 10.3. The molecule has 2 aliphatic heterocycles. The fraction of sp³-hybridized carbons (Fsp3) is 0.607. The van der Waals surface area contributed by atoms with Crippen LogP contribution in [-0.2, 0) is 6.54 Å². The predicted molar refractivity (Wildman–Crippen MR) is 147 cm³/mol. The Balaban J connectivity index is 0.000000211. The first-order chi connectivity index (χ1) is 16.6. The third-order valence-corrected chi connectivity index (χ3v) is 6.42. The van der Waals surface area contributed by atoms with E-state index in [-0.39, 0.29) is 5.92 Å². The van der Waals surface area contributed by atoms with Crippen LogP contribution in [0.5, 0.6) is 0 Å². The second-order valence-electron chi connectivity index (χ2n) is 10.3. The highest BCUT2D eigenvalue weighted by atomic mass is 16.1. The maximum atomic E-state index is 10.5. The first-order valence-electron chi connectivity index (χ1n) is 13.0. The van der Waals surface area contributed by atoms with Gasteiger partial charge < -0.3 is 16.8 Å². The van der Waals surface area contributed by atoms with Gasteiger partial charge in [-0.3, -0.25) is 14.7 Å². The molecule has 2 saturated heterocycles. The standard InChI is InChI=1S/C14H23N3.C10H14N2O.C4H9N/c1-10(2)14-13(15)11(3)8-12(16-14)9-17-6-4-5-7-17;1-6(2)10-9(11)7(3)4-8(5-13)12-10;1-2-4-5-3-1/h8,10H,4-7,9,15H2,1-3H3;4-6H,11H2,1-3H3;5H,1-4H2. The van der Waals surface area contributed by atoms with Crippen molar-refractivity contribution in [2.75, 3.05) is 37.6 Å². The van der Waals surface area contributed by atoms with Crippen molar-refractivity contribution in [1.29, 1.82) is 0 Å². The van der Waals surface area contributed by atoms with Crippen LogP contribution in [0.2, 0.25) is 0 Å². The summed E-state index contributed by atoms with van der Waals surface area (Å²) in [4.78, 5) is 21.9. The molecule has 0 spiro atoms. The van der Waals surface area contributed by atoms with Gasteiger partial charge in [0.25, 0.3) is 0 Å². The van der Waals surface area contributed by atoms with Crippen LogP contribution < -0.4 is 16.8 Å². The summed E-state index contributed by atoms with van der Waals surface area (Å²) in [5.41, 5.74) is 19.0. The molecule has 35 heavy (non-hydrogen) atoms. The smallest absolute Gasteiger partial charge is 0.168 e. The van der Waals surface area contributed by atoms with Crippen LogP contribution in [0, 0.1) is 13.8 Å². The van der Waals surface area contributed by atoms with Crippen LogP contribution in [0.1, 0.15) is 104 Å². The average molecular weight is 483 g/mol. The van der Waals surface area contributed by atoms with Crippen LogP contribution in [0.3, 0.4) is 0 Å². The zero-order valence-electron chi connectivity index (χ0n) is 22.7. The molecule has 0 aliphatic carbocycles. The monoisotopic (exact) mass is 482 g/mol. The maximum absolute atomic E-state index is 10.5. The Morgan fingerprint density at radius 3 is 1.86 bits per heavy atom. The third kappa shape index (κ3) is 8.89. The summed E-state index contributed by atoms with van der Waals surface area (Å²) in [6, 6.07) is 3.84. The van der Waals surface area contributed by atoms with Crippen LogP contribution >= 0.6 is 0 Å². The van der Waals surface area contributed by atoms with E-state index in [9.17, 15) is 4.79 Å². The lowest BCUT2D eigenvalue weighted by atomic mass is 10.0. The lowest BCUT2D eigenvalue weighted by Crippen LogP contribution is -2.20. The minimum atomic E-state index is 0.249. The van der Waals surface area contributed by atoms with E-state index in [0.717, 1.165) is 41.0 Å². The van der Waals surface area contributed by atoms with Gasteiger partial charge in [-0.25, -0.2) is 4.98 Å². The van der Waals surface area contributed by atoms with Crippen LogP contribution in [-0.4, -0.2) is 47.3 Å². The molecule has 0 bridgehead atoms. The van der Waals surface area contributed by atoms with Gasteiger partial charge in [0.2, 0.25) is 0 Å². The van der Waals surface area contributed by atoms with E-state index < -0.39 is 0 Å². The Morgan fingerprint density at radius 2 is 1.40 bits per heavy atom. The zero-order valence-corrected chi connectivity index (χ0v) is 22.7. The summed E-state index contributed by atoms with van der Waals surface area (Å²) >= 11 is 0. The summed E-state index contributed by atoms with van der Waals surface area (Å²) in [5.74, 6) is 0.644. The average Bonchev–Trinajstić information content (AvgIpc) is 3.55. The van der Waals surface area contributed by atoms with Crippen molar-refractivity contribution in [2.45, 2.75) is 85.6 Å². The Bertz CT molecular complexity index is 939. The van der Waals surface area contributed by atoms with Gasteiger partial charge in [0.05, 0.1) is 28.5 Å². The highest BCUT2D eigenvalue weighted by molar-refractivity contribution is 5.74. The van der Waals surface area contributed by atoms with Crippen molar-refractivity contribution in [1.82, 2.24) is 20.2 Å². The van der Waals surface area contributed by atoms with E-state index in [4.69, 9.17) is 16.5 Å². The quantitative estimate of drug-likeness (QED) is 0.516. The minimum absolute atomic E-state index is 0.249. The molecule has 2 fully saturated rings. The number of nitrogen functional groups attached to an aromatic ring is 2. The number of hydrogen-bond donors (Lipinski definition) is 3. The van der Waals surface area contributed by atoms with Gasteiger partial charge in [-0.15, -0.1) is 0 Å². The highest BCUT2D eigenvalue weighted by Gasteiger charge is 2.15. The molecular weight excluding hydrogens is 436 g/mol. The van der Waals surface area contributed by atoms with E-state index in [1.54, 1.807) is 6.07 Å². The summed E-state index contributed by atoms with van der Waals surface area (Å²) in [5, 5.41) is 3.22. The lowest BCUT2D eigenvalue weighted by Gasteiger charge is -2.17. The van der Waals surface area contributed by atoms with Gasteiger partial charge in [0, 0.05) is 6.54 Å². The molecule has 5 N–H and O–H groups in total. The molecule has 2 aromatic heterocycles. The molecule has 194 valence electrons. The van der Waals surface area contributed by atoms with Crippen LogP contribution in [0.4, 0.5) is 11.4 Å². The summed E-state index contributed by atoms with van der Waals surface area (Å²) in [6.45, 7) is 18.2. The van der Waals surface area contributed by atoms with E-state index >= 15 is 0 Å². The number of aldehydes is 1. The number of carbonyl (C=O) groups is 1. The number of nitrogens with one attached hydrogen (secondary N) is 1. The number of nitrogens with zero attached hydrogens (tertiary/aromatic N) is 3. The topological polar surface area (TPSA) is 110 Å². The molecule has 0 atom stereocenters. The van der Waals surface area contributed by atoms with Crippen molar-refractivity contribution in [3.63, 3.8) is 0 Å². The van der Waals surface area contributed by atoms with Gasteiger partial charge in [0.1, 0.15) is 5.69 Å². The Morgan fingerprint density at radius 1 is 0.886 bits per heavy atom. The molecule has 7 heteroatoms. The molecule has 0 amide bonds. The number of likely N-dealkylation sites (tertiary alicyclic amines) is 1. The minimum Gasteiger partial charge on any atom is -0.397 e. The van der Waals surface area contributed by atoms with Gasteiger partial charge in [-0.1, -0.05) is 27.7 Å². The molecule has 0 radical (unpaired) electrons. The first-order valence-corrected chi connectivity index (χ1v) is 13.0. The third-order valence-electron chi connectivity index (χ3n) is 6.42. The normalized spacial score (nSPS) is 15.5. The highest BCUT2D eigenvalue weighted by Crippen LogP contribution is 2.25. The predicted octanol–water partition coefficient (Wildman–Crippen LogP) is 4.97. The number of aromatic nitrogens is 2. The SMILES string of the molecule is C1CCNC1.Cc1cc(C=O)nc(C(C)C)c1N.Cc1cc(CN2CCCC2)nc(C(C)C)c1N. The van der Waals surface area contributed by atoms with Gasteiger partial charge in [0.15, 0.2) is 6.29 Å². The fourth-order valence-electron chi connectivity index (χ4n) is 4.33. The molecule has 7 nitrogen and oxygen atoms in total. The number of carbonyl (C=O) groups excluding carboxylic acids is 1. The second kappa shape index (κ2) is 14.1. The Kier molecular flexibility index (Phi) is 11.6. The maximum Gasteiger partial charge on any atom is 0.168 e. The summed E-state index contributed by atoms with van der Waals surface area (Å²) in [6.07, 6.45) is 6.17. The molecule has 4 rings (SSSR count). The largest absolute Gasteiger partial charge is 0.397 e. The molecule has 2 aromatic rings.